The molecule has 0 radical (unpaired) electrons. The molecule has 0 unspecified atom stereocenters. The van der Waals surface area contributed by atoms with Gasteiger partial charge in [0.25, 0.3) is 6.29 Å². The molecule has 9 heteroatoms. The molecular formula is C20H16N2O7. The second-order valence-corrected chi connectivity index (χ2v) is 6.99. The normalized spacial score (nSPS) is 29.2. The van der Waals surface area contributed by atoms with Gasteiger partial charge in [-0.2, -0.15) is 5.26 Å². The molecule has 0 spiro atoms. The second-order valence-electron chi connectivity index (χ2n) is 6.99. The second kappa shape index (κ2) is 6.53. The van der Waals surface area contributed by atoms with Gasteiger partial charge in [-0.15, -0.1) is 0 Å². The summed E-state index contributed by atoms with van der Waals surface area (Å²) in [5.74, 6) is -4.56. The van der Waals surface area contributed by atoms with Gasteiger partial charge >= 0.3 is 11.9 Å². The summed E-state index contributed by atoms with van der Waals surface area (Å²) in [5.41, 5.74) is -1.28. The van der Waals surface area contributed by atoms with Crippen LogP contribution >= 0.6 is 0 Å². The highest BCUT2D eigenvalue weighted by atomic mass is 16.7. The number of carbonyl (C=O) groups excluding carboxylic acids is 4. The Bertz CT molecular complexity index is 994. The number of carbonyl (C=O) groups is 4. The van der Waals surface area contributed by atoms with E-state index in [2.05, 4.69) is 0 Å². The van der Waals surface area contributed by atoms with Crippen LogP contribution in [0.4, 0.5) is 5.69 Å². The molecule has 3 aliphatic rings. The number of fused-ring (bicyclic) bond motifs is 5. The van der Waals surface area contributed by atoms with Gasteiger partial charge in [-0.3, -0.25) is 19.2 Å². The number of ether oxygens (including phenoxy) is 3. The quantitative estimate of drug-likeness (QED) is 0.317. The number of hydrogen-bond acceptors (Lipinski definition) is 8. The Hall–Kier alpha value is -3.51. The van der Waals surface area contributed by atoms with E-state index in [1.807, 2.05) is 6.07 Å². The summed E-state index contributed by atoms with van der Waals surface area (Å²) in [5, 5.41) is 9.36. The van der Waals surface area contributed by atoms with Crippen molar-refractivity contribution in [3.05, 3.63) is 42.0 Å². The summed E-state index contributed by atoms with van der Waals surface area (Å²) < 4.78 is 16.2. The Morgan fingerprint density at radius 2 is 1.83 bits per heavy atom. The fraction of sp³-hybridized carbons (Fsp3) is 0.350. The molecule has 9 nitrogen and oxygen atoms in total. The van der Waals surface area contributed by atoms with Crippen LogP contribution in [-0.2, 0) is 33.4 Å². The average molecular weight is 396 g/mol. The lowest BCUT2D eigenvalue weighted by Gasteiger charge is -2.34. The highest BCUT2D eigenvalue weighted by Gasteiger charge is 2.72. The maximum Gasteiger partial charge on any atom is 0.305 e. The molecule has 0 aliphatic carbocycles. The van der Waals surface area contributed by atoms with Gasteiger partial charge in [0.2, 0.25) is 11.8 Å². The Labute approximate surface area is 165 Å². The highest BCUT2D eigenvalue weighted by Crippen LogP contribution is 2.54. The van der Waals surface area contributed by atoms with Gasteiger partial charge in [0.15, 0.2) is 5.60 Å². The van der Waals surface area contributed by atoms with Crippen molar-refractivity contribution in [2.24, 2.45) is 11.8 Å². The van der Waals surface area contributed by atoms with E-state index in [0.717, 1.165) is 18.7 Å². The van der Waals surface area contributed by atoms with E-state index in [1.165, 1.54) is 18.2 Å². The van der Waals surface area contributed by atoms with Crippen molar-refractivity contribution in [1.29, 1.82) is 5.26 Å². The number of rotatable bonds is 4. The average Bonchev–Trinajstić information content (AvgIpc) is 3.32. The minimum atomic E-state index is -1.62. The molecule has 1 aromatic carbocycles. The van der Waals surface area contributed by atoms with E-state index in [4.69, 9.17) is 14.2 Å². The molecule has 0 aromatic heterocycles. The smallest absolute Gasteiger partial charge is 0.305 e. The number of esters is 2. The molecule has 2 saturated heterocycles. The lowest BCUT2D eigenvalue weighted by molar-refractivity contribution is -0.226. The zero-order valence-corrected chi connectivity index (χ0v) is 15.5. The largest absolute Gasteiger partial charge is 0.422 e. The predicted octanol–water partition coefficient (Wildman–Crippen LogP) is 0.824. The number of benzene rings is 1. The van der Waals surface area contributed by atoms with E-state index >= 15 is 0 Å². The molecule has 3 aliphatic heterocycles. The van der Waals surface area contributed by atoms with Crippen molar-refractivity contribution in [1.82, 2.24) is 0 Å². The molecule has 2 amide bonds. The van der Waals surface area contributed by atoms with E-state index in [-0.39, 0.29) is 11.3 Å². The van der Waals surface area contributed by atoms with Crippen LogP contribution < -0.4 is 4.90 Å². The summed E-state index contributed by atoms with van der Waals surface area (Å²) >= 11 is 0. The van der Waals surface area contributed by atoms with Gasteiger partial charge in [-0.05, 0) is 18.2 Å². The fourth-order valence-electron chi connectivity index (χ4n) is 4.22. The molecule has 0 N–H and O–H groups in total. The van der Waals surface area contributed by atoms with Crippen LogP contribution in [0.1, 0.15) is 19.4 Å². The first-order valence-corrected chi connectivity index (χ1v) is 8.88. The number of hydrogen-bond donors (Lipinski definition) is 0. The van der Waals surface area contributed by atoms with Gasteiger partial charge in [0.05, 0.1) is 29.2 Å². The number of anilines is 1. The first-order chi connectivity index (χ1) is 13.8. The maximum absolute atomic E-state index is 13.3. The molecule has 4 rings (SSSR count). The fourth-order valence-corrected chi connectivity index (χ4v) is 4.22. The maximum atomic E-state index is 13.3. The van der Waals surface area contributed by atoms with Crippen molar-refractivity contribution in [3.8, 4) is 6.07 Å². The van der Waals surface area contributed by atoms with Gasteiger partial charge in [-0.25, -0.2) is 4.90 Å². The monoisotopic (exact) mass is 396 g/mol. The first-order valence-electron chi connectivity index (χ1n) is 8.88. The topological polar surface area (TPSA) is 123 Å². The summed E-state index contributed by atoms with van der Waals surface area (Å²) in [6, 6.07) is 8.22. The number of imide groups is 1. The molecule has 1 aromatic rings. The van der Waals surface area contributed by atoms with E-state index < -0.39 is 53.6 Å². The minimum absolute atomic E-state index is 0.168. The number of nitrogens with zero attached hydrogens (tertiary/aromatic N) is 2. The molecule has 29 heavy (non-hydrogen) atoms. The molecular weight excluding hydrogens is 380 g/mol. The Morgan fingerprint density at radius 3 is 2.45 bits per heavy atom. The molecule has 2 fully saturated rings. The number of nitriles is 1. The van der Waals surface area contributed by atoms with Crippen LogP contribution in [0.15, 0.2) is 36.4 Å². The standard InChI is InChI=1S/C20H16N2O7/c1-10(23)27-19(28-11(2)24)20-8-7-14(29-20)15-16(20)18(26)22(17(15)25)13-6-4-3-5-12(13)9-21/h3-8,14-16,19H,1-2H3/t14-,15+,16-,20+/m1/s1. The third-order valence-corrected chi connectivity index (χ3v) is 5.26. The molecule has 0 saturated carbocycles. The van der Waals surface area contributed by atoms with Crippen LogP contribution in [0.25, 0.3) is 0 Å². The summed E-state index contributed by atoms with van der Waals surface area (Å²) in [4.78, 5) is 50.6. The van der Waals surface area contributed by atoms with Crippen molar-refractivity contribution >= 4 is 29.4 Å². The number of para-hydroxylation sites is 1. The molecule has 2 bridgehead atoms. The third-order valence-electron chi connectivity index (χ3n) is 5.26. The summed E-state index contributed by atoms with van der Waals surface area (Å²) in [6.45, 7) is 2.26. The van der Waals surface area contributed by atoms with Gasteiger partial charge in [-0.1, -0.05) is 18.2 Å². The van der Waals surface area contributed by atoms with Crippen molar-refractivity contribution in [2.45, 2.75) is 31.8 Å². The summed E-state index contributed by atoms with van der Waals surface area (Å²) in [7, 11) is 0. The zero-order chi connectivity index (χ0) is 20.9. The molecule has 3 heterocycles. The lowest BCUT2D eigenvalue weighted by Crippen LogP contribution is -2.52. The minimum Gasteiger partial charge on any atom is -0.422 e. The van der Waals surface area contributed by atoms with Crippen molar-refractivity contribution in [2.75, 3.05) is 4.90 Å². The summed E-state index contributed by atoms with van der Waals surface area (Å²) in [6.07, 6.45) is 0.813. The van der Waals surface area contributed by atoms with E-state index in [9.17, 15) is 24.4 Å². The number of amides is 2. The van der Waals surface area contributed by atoms with E-state index in [1.54, 1.807) is 18.2 Å². The van der Waals surface area contributed by atoms with Crippen LogP contribution in [0, 0.1) is 23.2 Å². The Morgan fingerprint density at radius 1 is 1.17 bits per heavy atom. The van der Waals surface area contributed by atoms with Gasteiger partial charge in [0.1, 0.15) is 6.07 Å². The lowest BCUT2D eigenvalue weighted by atomic mass is 9.76. The van der Waals surface area contributed by atoms with Gasteiger partial charge < -0.3 is 14.2 Å². The van der Waals surface area contributed by atoms with Crippen LogP contribution in [0.3, 0.4) is 0 Å². The third kappa shape index (κ3) is 2.64. The van der Waals surface area contributed by atoms with E-state index in [0.29, 0.717) is 0 Å². The van der Waals surface area contributed by atoms with Crippen LogP contribution in [0.2, 0.25) is 0 Å². The predicted molar refractivity (Wildman–Crippen MR) is 94.7 cm³/mol. The Kier molecular flexibility index (Phi) is 4.24. The van der Waals surface area contributed by atoms with Gasteiger partial charge in [0, 0.05) is 13.8 Å². The first kappa shape index (κ1) is 18.8. The zero-order valence-electron chi connectivity index (χ0n) is 15.5. The van der Waals surface area contributed by atoms with Crippen LogP contribution in [0.5, 0.6) is 0 Å². The highest BCUT2D eigenvalue weighted by molar-refractivity contribution is 6.23. The van der Waals surface area contributed by atoms with Crippen LogP contribution in [-0.4, -0.2) is 41.7 Å². The van der Waals surface area contributed by atoms with Crippen molar-refractivity contribution < 1.29 is 33.4 Å². The Balaban J connectivity index is 1.78. The SMILES string of the molecule is CC(=O)OC(OC(C)=O)[C@@]12C=C[C@@H](O1)[C@@H]1C(=O)N(c3ccccc3C#N)C(=O)[C@@H]12. The molecule has 4 atom stereocenters. The molecule has 148 valence electrons. The van der Waals surface area contributed by atoms with Crippen molar-refractivity contribution in [3.63, 3.8) is 0 Å².